The summed E-state index contributed by atoms with van der Waals surface area (Å²) < 4.78 is 207. The highest BCUT2D eigenvalue weighted by Gasteiger charge is 2.51. The Morgan fingerprint density at radius 1 is 0.301 bits per heavy atom. The highest BCUT2D eigenvalue weighted by molar-refractivity contribution is 6.07. The highest BCUT2D eigenvalue weighted by atomic mass is 19.4. The summed E-state index contributed by atoms with van der Waals surface area (Å²) in [7, 11) is 0. The third-order valence-corrected chi connectivity index (χ3v) is 13.4. The zero-order valence-corrected chi connectivity index (χ0v) is 37.0. The summed E-state index contributed by atoms with van der Waals surface area (Å²) in [5.74, 6) is -2.01. The smallest absolute Gasteiger partial charge is 0.308 e. The quantitative estimate of drug-likeness (QED) is 0.153. The van der Waals surface area contributed by atoms with Gasteiger partial charge < -0.3 is 9.80 Å². The summed E-state index contributed by atoms with van der Waals surface area (Å²) in [6.45, 7) is 0. The molecule has 0 saturated carbocycles. The molecule has 11 rings (SSSR count). The zero-order valence-electron chi connectivity index (χ0n) is 37.0. The molecule has 73 heavy (non-hydrogen) atoms. The lowest BCUT2D eigenvalue weighted by Gasteiger charge is -2.41. The van der Waals surface area contributed by atoms with E-state index in [1.54, 1.807) is 48.5 Å². The molecule has 2 aliphatic rings. The summed E-state index contributed by atoms with van der Waals surface area (Å²) in [6, 6.07) is 38.6. The molecule has 0 saturated heterocycles. The number of alkyl halides is 12. The highest BCUT2D eigenvalue weighted by Crippen LogP contribution is 2.63. The number of hydrogen-bond acceptors (Lipinski definition) is 2. The van der Waals surface area contributed by atoms with Gasteiger partial charge in [0.2, 0.25) is 0 Å². The summed E-state index contributed by atoms with van der Waals surface area (Å²) in [4.78, 5) is 1.89. The molecule has 0 amide bonds. The van der Waals surface area contributed by atoms with E-state index < -0.39 is 86.8 Å². The standard InChI is InChI=1S/C57H30F14N2/c58-48-15-3-5-17-50(48)72(38-25-32(54(60,61)62)23-33(26-38)55(63,64)65)36-19-21-41-40-11-1-2-13-44(40)53(46(41)29-36)45-14-8-10-31-9-7-12-43(52(31)45)42-22-20-37(30-47(42)53)73(51-18-6-4-16-49(51)59)39-27-34(56(66,67)68)24-35(28-39)57(69,70)71/h1-30H. The number of nitrogens with zero attached hydrogens (tertiary/aromatic N) is 2. The van der Waals surface area contributed by atoms with Crippen LogP contribution in [0.25, 0.3) is 33.0 Å². The summed E-state index contributed by atoms with van der Waals surface area (Å²) >= 11 is 0. The Morgan fingerprint density at radius 2 is 0.671 bits per heavy atom. The van der Waals surface area contributed by atoms with Gasteiger partial charge in [-0.3, -0.25) is 0 Å². The number of anilines is 6. The Hall–Kier alpha value is -8.14. The molecule has 2 aliphatic carbocycles. The van der Waals surface area contributed by atoms with Gasteiger partial charge in [0.25, 0.3) is 0 Å². The number of fused-ring (bicyclic) bond motifs is 9. The van der Waals surface area contributed by atoms with Crippen LogP contribution in [0.4, 0.5) is 95.6 Å². The Morgan fingerprint density at radius 3 is 1.12 bits per heavy atom. The predicted octanol–water partition coefficient (Wildman–Crippen LogP) is 18.5. The van der Waals surface area contributed by atoms with Crippen molar-refractivity contribution in [2.75, 3.05) is 9.80 Å². The van der Waals surface area contributed by atoms with Gasteiger partial charge in [-0.25, -0.2) is 8.78 Å². The second-order valence-electron chi connectivity index (χ2n) is 17.6. The molecule has 0 bridgehead atoms. The molecule has 0 aromatic heterocycles. The first kappa shape index (κ1) is 47.2. The maximum absolute atomic E-state index is 16.2. The molecule has 1 unspecified atom stereocenters. The van der Waals surface area contributed by atoms with Gasteiger partial charge in [0.15, 0.2) is 0 Å². The van der Waals surface area contributed by atoms with E-state index in [0.717, 1.165) is 27.3 Å². The van der Waals surface area contributed by atoms with Crippen molar-refractivity contribution in [2.45, 2.75) is 30.1 Å². The van der Waals surface area contributed by atoms with Gasteiger partial charge in [-0.2, -0.15) is 52.7 Å². The molecular weight excluding hydrogens is 979 g/mol. The van der Waals surface area contributed by atoms with E-state index in [0.29, 0.717) is 74.2 Å². The molecule has 0 fully saturated rings. The Bertz CT molecular complexity index is 3630. The van der Waals surface area contributed by atoms with E-state index in [1.807, 2.05) is 24.3 Å². The van der Waals surface area contributed by atoms with E-state index in [4.69, 9.17) is 0 Å². The lowest BCUT2D eigenvalue weighted by Crippen LogP contribution is -2.32. The van der Waals surface area contributed by atoms with Crippen LogP contribution in [0.15, 0.2) is 182 Å². The van der Waals surface area contributed by atoms with Gasteiger partial charge in [-0.05, 0) is 140 Å². The average molecular weight is 1010 g/mol. The van der Waals surface area contributed by atoms with E-state index >= 15 is 8.78 Å². The van der Waals surface area contributed by atoms with Crippen LogP contribution in [0, 0.1) is 11.6 Å². The van der Waals surface area contributed by atoms with Crippen LogP contribution < -0.4 is 9.80 Å². The minimum Gasteiger partial charge on any atom is -0.308 e. The normalized spacial score (nSPS) is 15.0. The molecule has 1 atom stereocenters. The number of para-hydroxylation sites is 2. The first-order valence-corrected chi connectivity index (χ1v) is 22.1. The van der Waals surface area contributed by atoms with Crippen molar-refractivity contribution in [3.63, 3.8) is 0 Å². The summed E-state index contributed by atoms with van der Waals surface area (Å²) in [6.07, 6.45) is -21.1. The first-order valence-electron chi connectivity index (χ1n) is 22.1. The monoisotopic (exact) mass is 1010 g/mol. The Kier molecular flexibility index (Phi) is 10.6. The average Bonchev–Trinajstić information content (AvgIpc) is 3.63. The van der Waals surface area contributed by atoms with Crippen molar-refractivity contribution < 1.29 is 61.5 Å². The molecule has 0 N–H and O–H groups in total. The van der Waals surface area contributed by atoms with E-state index in [1.165, 1.54) is 60.7 Å². The molecule has 9 aromatic carbocycles. The van der Waals surface area contributed by atoms with Crippen molar-refractivity contribution in [3.05, 3.63) is 238 Å². The van der Waals surface area contributed by atoms with Gasteiger partial charge in [-0.1, -0.05) is 97.1 Å². The largest absolute Gasteiger partial charge is 0.416 e. The molecule has 1 spiro atoms. The van der Waals surface area contributed by atoms with Crippen LogP contribution in [-0.2, 0) is 30.1 Å². The maximum atomic E-state index is 16.2. The number of hydrogen-bond donors (Lipinski definition) is 0. The lowest BCUT2D eigenvalue weighted by atomic mass is 9.61. The fourth-order valence-corrected chi connectivity index (χ4v) is 10.5. The maximum Gasteiger partial charge on any atom is 0.416 e. The van der Waals surface area contributed by atoms with Crippen LogP contribution in [0.5, 0.6) is 0 Å². The summed E-state index contributed by atoms with van der Waals surface area (Å²) in [5, 5.41) is 1.44. The van der Waals surface area contributed by atoms with Gasteiger partial charge in [0, 0.05) is 22.7 Å². The summed E-state index contributed by atoms with van der Waals surface area (Å²) in [5.41, 5.74) is -6.49. The molecule has 0 aliphatic heterocycles. The van der Waals surface area contributed by atoms with E-state index in [-0.39, 0.29) is 23.5 Å². The van der Waals surface area contributed by atoms with E-state index in [2.05, 4.69) is 0 Å². The van der Waals surface area contributed by atoms with Crippen molar-refractivity contribution in [1.82, 2.24) is 0 Å². The Balaban J connectivity index is 1.25. The van der Waals surface area contributed by atoms with E-state index in [9.17, 15) is 52.7 Å². The van der Waals surface area contributed by atoms with Gasteiger partial charge >= 0.3 is 24.7 Å². The zero-order chi connectivity index (χ0) is 51.6. The van der Waals surface area contributed by atoms with Crippen molar-refractivity contribution >= 4 is 44.9 Å². The van der Waals surface area contributed by atoms with Crippen molar-refractivity contribution in [2.24, 2.45) is 0 Å². The van der Waals surface area contributed by atoms with Crippen molar-refractivity contribution in [1.29, 1.82) is 0 Å². The van der Waals surface area contributed by atoms with Crippen LogP contribution in [0.1, 0.15) is 44.5 Å². The molecule has 0 radical (unpaired) electrons. The lowest BCUT2D eigenvalue weighted by molar-refractivity contribution is -0.144. The molecule has 9 aromatic rings. The first-order chi connectivity index (χ1) is 34.5. The molecule has 2 nitrogen and oxygen atoms in total. The van der Waals surface area contributed by atoms with Gasteiger partial charge in [-0.15, -0.1) is 0 Å². The SMILES string of the molecule is Fc1ccccc1N(c1cc(C(F)(F)F)cc(C(F)(F)F)c1)c1ccc2c(c1)C1(c3ccccc3-2)c2cc(N(c3cc(C(F)(F)F)cc(C(F)(F)F)c3)c3ccccc3F)ccc2-c2cccc3cccc1c23. The Labute approximate surface area is 405 Å². The fraction of sp³-hybridized carbons (Fsp3) is 0.0877. The van der Waals surface area contributed by atoms with Crippen LogP contribution in [0.2, 0.25) is 0 Å². The number of rotatable bonds is 6. The minimum atomic E-state index is -5.28. The molecule has 0 heterocycles. The number of halogens is 14. The predicted molar refractivity (Wildman–Crippen MR) is 250 cm³/mol. The van der Waals surface area contributed by atoms with Crippen LogP contribution in [0.3, 0.4) is 0 Å². The second-order valence-corrected chi connectivity index (χ2v) is 17.6. The number of benzene rings is 9. The third-order valence-electron chi connectivity index (χ3n) is 13.4. The molecular formula is C57H30F14N2. The molecule has 366 valence electrons. The second kappa shape index (κ2) is 16.4. The van der Waals surface area contributed by atoms with Crippen LogP contribution >= 0.6 is 0 Å². The fourth-order valence-electron chi connectivity index (χ4n) is 10.5. The third kappa shape index (κ3) is 7.64. The minimum absolute atomic E-state index is 0.0413. The van der Waals surface area contributed by atoms with Crippen molar-refractivity contribution in [3.8, 4) is 22.3 Å². The van der Waals surface area contributed by atoms with Gasteiger partial charge in [0.05, 0.1) is 39.0 Å². The topological polar surface area (TPSA) is 6.48 Å². The van der Waals surface area contributed by atoms with Gasteiger partial charge in [0.1, 0.15) is 11.6 Å². The molecule has 16 heteroatoms. The van der Waals surface area contributed by atoms with Crippen LogP contribution in [-0.4, -0.2) is 0 Å².